The van der Waals surface area contributed by atoms with Crippen molar-refractivity contribution in [3.63, 3.8) is 0 Å². The first kappa shape index (κ1) is 32.6. The third kappa shape index (κ3) is 10.1. The Labute approximate surface area is 251 Å². The number of unbranched alkanes of at least 4 members (excludes halogenated alkanes) is 2. The van der Waals surface area contributed by atoms with Gasteiger partial charge in [0.15, 0.2) is 0 Å². The highest BCUT2D eigenvalue weighted by atomic mass is 15.3. The third-order valence-corrected chi connectivity index (χ3v) is 6.86. The lowest BCUT2D eigenvalue weighted by molar-refractivity contribution is 0.799. The Bertz CT molecular complexity index is 1110. The van der Waals surface area contributed by atoms with E-state index in [1.165, 1.54) is 0 Å². The van der Waals surface area contributed by atoms with Crippen LogP contribution in [0.4, 0.5) is 35.7 Å². The van der Waals surface area contributed by atoms with Crippen molar-refractivity contribution in [1.82, 2.24) is 29.9 Å². The molecule has 0 saturated heterocycles. The van der Waals surface area contributed by atoms with Crippen molar-refractivity contribution in [3.8, 4) is 0 Å². The highest BCUT2D eigenvalue weighted by molar-refractivity contribution is 5.45. The Hall–Kier alpha value is -3.96. The fourth-order valence-corrected chi connectivity index (χ4v) is 4.31. The molecule has 2 aromatic heterocycles. The summed E-state index contributed by atoms with van der Waals surface area (Å²) in [5, 5.41) is 13.5. The molecule has 2 heterocycles. The van der Waals surface area contributed by atoms with Crippen LogP contribution in [0.25, 0.3) is 0 Å². The molecule has 3 aromatic rings. The highest BCUT2D eigenvalue weighted by Gasteiger charge is 2.13. The molecule has 0 bridgehead atoms. The predicted octanol–water partition coefficient (Wildman–Crippen LogP) is 5.40. The van der Waals surface area contributed by atoms with Crippen LogP contribution < -0.4 is 31.1 Å². The number of hydrogen-bond acceptors (Lipinski definition) is 12. The second kappa shape index (κ2) is 17.8. The molecule has 12 heteroatoms. The molecule has 0 atom stereocenters. The molecule has 1 aromatic carbocycles. The summed E-state index contributed by atoms with van der Waals surface area (Å²) >= 11 is 0. The summed E-state index contributed by atoms with van der Waals surface area (Å²) in [6.07, 6.45) is 4.35. The van der Waals surface area contributed by atoms with Crippen LogP contribution in [0.5, 0.6) is 0 Å². The maximum Gasteiger partial charge on any atom is 0.231 e. The first-order valence-corrected chi connectivity index (χ1v) is 15.6. The lowest BCUT2D eigenvalue weighted by Crippen LogP contribution is -2.25. The highest BCUT2D eigenvalue weighted by Crippen LogP contribution is 2.17. The number of nitrogens with one attached hydrogen (secondary N) is 4. The summed E-state index contributed by atoms with van der Waals surface area (Å²) in [5.41, 5.74) is 2.25. The standard InChI is InChI=1S/C30H50N12/c1-7-13-18-31-25-35-27(39-29(37-25)41(9-3)10-4)33-21-23-16-15-17-24(20-23)22-34-28-36-26(32-19-14-8-2)38-30(40-28)42(11-5)12-6/h15-17,20H,7-14,18-19,21-22H2,1-6H3,(H2,31,33,35,37,39)(H2,32,34,36,38,40). The molecule has 0 aliphatic heterocycles. The van der Waals surface area contributed by atoms with Gasteiger partial charge in [0.2, 0.25) is 35.7 Å². The maximum absolute atomic E-state index is 4.70. The molecule has 0 spiro atoms. The van der Waals surface area contributed by atoms with Crippen molar-refractivity contribution in [2.75, 3.05) is 70.3 Å². The van der Waals surface area contributed by atoms with Gasteiger partial charge in [0.25, 0.3) is 0 Å². The lowest BCUT2D eigenvalue weighted by atomic mass is 10.1. The first-order valence-electron chi connectivity index (χ1n) is 15.6. The van der Waals surface area contributed by atoms with Crippen LogP contribution in [0, 0.1) is 0 Å². The number of nitrogens with zero attached hydrogens (tertiary/aromatic N) is 8. The van der Waals surface area contributed by atoms with Gasteiger partial charge in [-0.3, -0.25) is 0 Å². The first-order chi connectivity index (χ1) is 20.5. The molecule has 0 fully saturated rings. The van der Waals surface area contributed by atoms with Gasteiger partial charge in [-0.1, -0.05) is 51.0 Å². The molecule has 0 unspecified atom stereocenters. The van der Waals surface area contributed by atoms with E-state index in [4.69, 9.17) is 9.97 Å². The molecule has 42 heavy (non-hydrogen) atoms. The van der Waals surface area contributed by atoms with Gasteiger partial charge < -0.3 is 31.1 Å². The van der Waals surface area contributed by atoms with Crippen molar-refractivity contribution in [2.45, 2.75) is 80.3 Å². The summed E-state index contributed by atoms with van der Waals surface area (Å²) in [5.74, 6) is 3.69. The monoisotopic (exact) mass is 578 g/mol. The normalized spacial score (nSPS) is 10.8. The van der Waals surface area contributed by atoms with Crippen LogP contribution in [0.3, 0.4) is 0 Å². The van der Waals surface area contributed by atoms with Gasteiger partial charge >= 0.3 is 0 Å². The quantitative estimate of drug-likeness (QED) is 0.128. The Balaban J connectivity index is 1.70. The van der Waals surface area contributed by atoms with Crippen LogP contribution in [-0.2, 0) is 13.1 Å². The molecule has 0 saturated carbocycles. The maximum atomic E-state index is 4.70. The molecule has 4 N–H and O–H groups in total. The van der Waals surface area contributed by atoms with Gasteiger partial charge in [-0.2, -0.15) is 29.9 Å². The van der Waals surface area contributed by atoms with Crippen molar-refractivity contribution in [1.29, 1.82) is 0 Å². The molecule has 0 radical (unpaired) electrons. The number of anilines is 6. The Morgan fingerprint density at radius 3 is 1.26 bits per heavy atom. The van der Waals surface area contributed by atoms with E-state index in [2.05, 4.69) is 117 Å². The average Bonchev–Trinajstić information content (AvgIpc) is 3.01. The van der Waals surface area contributed by atoms with E-state index in [9.17, 15) is 0 Å². The largest absolute Gasteiger partial charge is 0.354 e. The van der Waals surface area contributed by atoms with Crippen molar-refractivity contribution in [2.24, 2.45) is 0 Å². The fourth-order valence-electron chi connectivity index (χ4n) is 4.31. The van der Waals surface area contributed by atoms with Crippen molar-refractivity contribution in [3.05, 3.63) is 35.4 Å². The predicted molar refractivity (Wildman–Crippen MR) is 175 cm³/mol. The van der Waals surface area contributed by atoms with Crippen LogP contribution >= 0.6 is 0 Å². The van der Waals surface area contributed by atoms with E-state index < -0.39 is 0 Å². The minimum absolute atomic E-state index is 0.562. The molecule has 3 rings (SSSR count). The van der Waals surface area contributed by atoms with Gasteiger partial charge in [-0.25, -0.2) is 0 Å². The number of benzene rings is 1. The summed E-state index contributed by atoms with van der Waals surface area (Å²) < 4.78 is 0. The molecular formula is C30H50N12. The van der Waals surface area contributed by atoms with E-state index in [0.717, 1.165) is 76.1 Å². The zero-order chi connectivity index (χ0) is 30.2. The Morgan fingerprint density at radius 2 is 0.905 bits per heavy atom. The Kier molecular flexibility index (Phi) is 13.8. The Morgan fingerprint density at radius 1 is 0.524 bits per heavy atom. The van der Waals surface area contributed by atoms with E-state index in [-0.39, 0.29) is 0 Å². The van der Waals surface area contributed by atoms with Crippen molar-refractivity contribution < 1.29 is 0 Å². The molecular weight excluding hydrogens is 528 g/mol. The summed E-state index contributed by atoms with van der Waals surface area (Å²) in [7, 11) is 0. The van der Waals surface area contributed by atoms with Crippen LogP contribution in [0.15, 0.2) is 24.3 Å². The van der Waals surface area contributed by atoms with Gasteiger partial charge in [-0.05, 0) is 51.7 Å². The topological polar surface area (TPSA) is 132 Å². The average molecular weight is 579 g/mol. The smallest absolute Gasteiger partial charge is 0.231 e. The van der Waals surface area contributed by atoms with E-state index in [1.807, 2.05) is 0 Å². The van der Waals surface area contributed by atoms with Gasteiger partial charge in [-0.15, -0.1) is 0 Å². The fraction of sp³-hybridized carbons (Fsp3) is 0.600. The molecule has 12 nitrogen and oxygen atoms in total. The summed E-state index contributed by atoms with van der Waals surface area (Å²) in [6.45, 7) is 18.9. The molecule has 0 aliphatic carbocycles. The van der Waals surface area contributed by atoms with Crippen LogP contribution in [0.1, 0.15) is 78.4 Å². The van der Waals surface area contributed by atoms with Crippen LogP contribution in [-0.4, -0.2) is 69.2 Å². The summed E-state index contributed by atoms with van der Waals surface area (Å²) in [6, 6.07) is 8.42. The van der Waals surface area contributed by atoms with Crippen LogP contribution in [0.2, 0.25) is 0 Å². The molecule has 230 valence electrons. The lowest BCUT2D eigenvalue weighted by Gasteiger charge is -2.20. The zero-order valence-corrected chi connectivity index (χ0v) is 26.4. The minimum atomic E-state index is 0.562. The van der Waals surface area contributed by atoms with Gasteiger partial charge in [0, 0.05) is 52.4 Å². The minimum Gasteiger partial charge on any atom is -0.354 e. The second-order valence-corrected chi connectivity index (χ2v) is 10.00. The molecule has 0 aliphatic rings. The number of hydrogen-bond donors (Lipinski definition) is 4. The second-order valence-electron chi connectivity index (χ2n) is 10.00. The number of aromatic nitrogens is 6. The number of rotatable bonds is 20. The zero-order valence-electron chi connectivity index (χ0n) is 26.4. The van der Waals surface area contributed by atoms with Gasteiger partial charge in [0.05, 0.1) is 0 Å². The van der Waals surface area contributed by atoms with E-state index in [0.29, 0.717) is 48.8 Å². The summed E-state index contributed by atoms with van der Waals surface area (Å²) in [4.78, 5) is 32.2. The SMILES string of the molecule is CCCCNc1nc(NCc2cccc(CNc3nc(NCCCC)nc(N(CC)CC)n3)c2)nc(N(CC)CC)n1. The molecule has 0 amide bonds. The van der Waals surface area contributed by atoms with Crippen molar-refractivity contribution >= 4 is 35.7 Å². The van der Waals surface area contributed by atoms with E-state index in [1.54, 1.807) is 0 Å². The third-order valence-electron chi connectivity index (χ3n) is 6.86. The van der Waals surface area contributed by atoms with E-state index >= 15 is 0 Å². The van der Waals surface area contributed by atoms with Gasteiger partial charge in [0.1, 0.15) is 0 Å².